The average molecular weight is 170 g/mol. The van der Waals surface area contributed by atoms with Crippen molar-refractivity contribution < 1.29 is 4.74 Å². The third kappa shape index (κ3) is 4.55. The quantitative estimate of drug-likeness (QED) is 0.573. The van der Waals surface area contributed by atoms with Crippen molar-refractivity contribution in [1.29, 1.82) is 0 Å². The van der Waals surface area contributed by atoms with Crippen LogP contribution >= 0.6 is 0 Å². The molecule has 0 aromatic carbocycles. The van der Waals surface area contributed by atoms with Gasteiger partial charge in [0.05, 0.1) is 5.60 Å². The second-order valence-electron chi connectivity index (χ2n) is 3.83. The van der Waals surface area contributed by atoms with Crippen molar-refractivity contribution in [1.82, 2.24) is 0 Å². The Morgan fingerprint density at radius 3 is 2.33 bits per heavy atom. The lowest BCUT2D eigenvalue weighted by Crippen LogP contribution is -2.25. The molecule has 1 atom stereocenters. The minimum absolute atomic E-state index is 0.0753. The Morgan fingerprint density at radius 2 is 2.00 bits per heavy atom. The van der Waals surface area contributed by atoms with E-state index in [0.29, 0.717) is 0 Å². The van der Waals surface area contributed by atoms with E-state index < -0.39 is 0 Å². The molecule has 0 aliphatic rings. The molecule has 1 nitrogen and oxygen atoms in total. The Kier molecular flexibility index (Phi) is 5.23. The molecule has 0 N–H and O–H groups in total. The van der Waals surface area contributed by atoms with E-state index in [2.05, 4.69) is 33.8 Å². The second-order valence-corrected chi connectivity index (χ2v) is 3.83. The fourth-order valence-corrected chi connectivity index (χ4v) is 1.09. The van der Waals surface area contributed by atoms with E-state index in [1.54, 1.807) is 7.11 Å². The van der Waals surface area contributed by atoms with Crippen molar-refractivity contribution in [2.45, 2.75) is 52.6 Å². The summed E-state index contributed by atoms with van der Waals surface area (Å²) in [6, 6.07) is 0. The molecule has 0 heterocycles. The molecule has 1 heteroatoms. The molecule has 0 spiro atoms. The Bertz CT molecular complexity index is 139. The van der Waals surface area contributed by atoms with E-state index in [9.17, 15) is 0 Å². The first-order valence-electron chi connectivity index (χ1n) is 4.72. The van der Waals surface area contributed by atoms with Crippen molar-refractivity contribution in [3.8, 4) is 0 Å². The zero-order valence-electron chi connectivity index (χ0n) is 9.11. The molecule has 0 saturated carbocycles. The van der Waals surface area contributed by atoms with Gasteiger partial charge >= 0.3 is 0 Å². The van der Waals surface area contributed by atoms with Crippen LogP contribution in [-0.4, -0.2) is 12.7 Å². The molecule has 0 aromatic rings. The summed E-state index contributed by atoms with van der Waals surface area (Å²) in [5.41, 5.74) is 1.47. The number of methoxy groups -OCH3 is 1. The minimum atomic E-state index is 0.0753. The molecule has 0 bridgehead atoms. The molecule has 0 fully saturated rings. The summed E-state index contributed by atoms with van der Waals surface area (Å²) in [7, 11) is 1.80. The molecule has 0 rings (SSSR count). The van der Waals surface area contributed by atoms with Gasteiger partial charge in [-0.25, -0.2) is 0 Å². The number of rotatable bonds is 5. The SMILES string of the molecule is CCC(C)(CCC=C(C)C)OC. The zero-order chi connectivity index (χ0) is 9.61. The Morgan fingerprint density at radius 1 is 1.42 bits per heavy atom. The lowest BCUT2D eigenvalue weighted by molar-refractivity contribution is -0.00342. The average Bonchev–Trinajstić information content (AvgIpc) is 2.03. The van der Waals surface area contributed by atoms with Crippen LogP contribution in [0, 0.1) is 0 Å². The smallest absolute Gasteiger partial charge is 0.0651 e. The molecule has 72 valence electrons. The molecule has 1 unspecified atom stereocenters. The van der Waals surface area contributed by atoms with Crippen LogP contribution in [0.25, 0.3) is 0 Å². The van der Waals surface area contributed by atoms with Crippen molar-refractivity contribution in [3.05, 3.63) is 11.6 Å². The molecular formula is C11H22O. The molecule has 0 aromatic heterocycles. The summed E-state index contributed by atoms with van der Waals surface area (Å²) in [4.78, 5) is 0. The van der Waals surface area contributed by atoms with Crippen LogP contribution in [0.1, 0.15) is 47.0 Å². The van der Waals surface area contributed by atoms with Gasteiger partial charge in [0.15, 0.2) is 0 Å². The van der Waals surface area contributed by atoms with Gasteiger partial charge in [-0.1, -0.05) is 18.6 Å². The maximum Gasteiger partial charge on any atom is 0.0651 e. The fraction of sp³-hybridized carbons (Fsp3) is 0.818. The van der Waals surface area contributed by atoms with Crippen molar-refractivity contribution >= 4 is 0 Å². The largest absolute Gasteiger partial charge is 0.379 e. The van der Waals surface area contributed by atoms with Crippen molar-refractivity contribution in [3.63, 3.8) is 0 Å². The lowest BCUT2D eigenvalue weighted by Gasteiger charge is -2.25. The summed E-state index contributed by atoms with van der Waals surface area (Å²) in [6.07, 6.45) is 5.60. The number of hydrogen-bond donors (Lipinski definition) is 0. The maximum absolute atomic E-state index is 5.44. The zero-order valence-corrected chi connectivity index (χ0v) is 9.11. The Balaban J connectivity index is 3.81. The van der Waals surface area contributed by atoms with Gasteiger partial charge in [0.25, 0.3) is 0 Å². The summed E-state index contributed by atoms with van der Waals surface area (Å²) >= 11 is 0. The van der Waals surface area contributed by atoms with Gasteiger partial charge in [0.1, 0.15) is 0 Å². The summed E-state index contributed by atoms with van der Waals surface area (Å²) < 4.78 is 5.44. The highest BCUT2D eigenvalue weighted by atomic mass is 16.5. The topological polar surface area (TPSA) is 9.23 Å². The third-order valence-corrected chi connectivity index (χ3v) is 2.47. The highest BCUT2D eigenvalue weighted by Gasteiger charge is 2.19. The summed E-state index contributed by atoms with van der Waals surface area (Å²) in [5, 5.41) is 0. The van der Waals surface area contributed by atoms with Crippen LogP contribution in [-0.2, 0) is 4.74 Å². The van der Waals surface area contributed by atoms with E-state index in [1.807, 2.05) is 0 Å². The molecule has 0 amide bonds. The van der Waals surface area contributed by atoms with Gasteiger partial charge in [0, 0.05) is 7.11 Å². The van der Waals surface area contributed by atoms with Crippen molar-refractivity contribution in [2.75, 3.05) is 7.11 Å². The van der Waals surface area contributed by atoms with Gasteiger partial charge in [-0.3, -0.25) is 0 Å². The molecule has 0 saturated heterocycles. The van der Waals surface area contributed by atoms with Crippen LogP contribution in [0.2, 0.25) is 0 Å². The molecule has 0 aliphatic carbocycles. The molecule has 12 heavy (non-hydrogen) atoms. The van der Waals surface area contributed by atoms with Gasteiger partial charge < -0.3 is 4.74 Å². The molecule has 0 radical (unpaired) electrons. The summed E-state index contributed by atoms with van der Waals surface area (Å²) in [6.45, 7) is 8.62. The van der Waals surface area contributed by atoms with E-state index in [4.69, 9.17) is 4.74 Å². The first-order chi connectivity index (χ1) is 5.54. The van der Waals surface area contributed by atoms with Gasteiger partial charge in [-0.2, -0.15) is 0 Å². The predicted molar refractivity (Wildman–Crippen MR) is 54.4 cm³/mol. The number of allylic oxidation sites excluding steroid dienone is 2. The van der Waals surface area contributed by atoms with Crippen LogP contribution in [0.4, 0.5) is 0 Å². The fourth-order valence-electron chi connectivity index (χ4n) is 1.09. The Hall–Kier alpha value is -0.300. The van der Waals surface area contributed by atoms with Crippen LogP contribution in [0.15, 0.2) is 11.6 Å². The summed E-state index contributed by atoms with van der Waals surface area (Å²) in [5.74, 6) is 0. The van der Waals surface area contributed by atoms with E-state index in [-0.39, 0.29) is 5.60 Å². The predicted octanol–water partition coefficient (Wildman–Crippen LogP) is 3.55. The number of ether oxygens (including phenoxy) is 1. The monoisotopic (exact) mass is 170 g/mol. The highest BCUT2D eigenvalue weighted by Crippen LogP contribution is 2.20. The normalized spacial score (nSPS) is 15.4. The highest BCUT2D eigenvalue weighted by molar-refractivity contribution is 4.94. The van der Waals surface area contributed by atoms with Crippen molar-refractivity contribution in [2.24, 2.45) is 0 Å². The van der Waals surface area contributed by atoms with Gasteiger partial charge in [0.2, 0.25) is 0 Å². The first-order valence-corrected chi connectivity index (χ1v) is 4.72. The third-order valence-electron chi connectivity index (χ3n) is 2.47. The van der Waals surface area contributed by atoms with Gasteiger partial charge in [-0.05, 0) is 40.0 Å². The second kappa shape index (κ2) is 5.36. The minimum Gasteiger partial charge on any atom is -0.379 e. The van der Waals surface area contributed by atoms with Crippen LogP contribution < -0.4 is 0 Å². The van der Waals surface area contributed by atoms with Crippen LogP contribution in [0.5, 0.6) is 0 Å². The lowest BCUT2D eigenvalue weighted by atomic mass is 9.96. The van der Waals surface area contributed by atoms with E-state index in [1.165, 1.54) is 5.57 Å². The molecule has 0 aliphatic heterocycles. The standard InChI is InChI=1S/C11H22O/c1-6-11(4,12-5)9-7-8-10(2)3/h8H,6-7,9H2,1-5H3. The van der Waals surface area contributed by atoms with Gasteiger partial charge in [-0.15, -0.1) is 0 Å². The maximum atomic E-state index is 5.44. The number of hydrogen-bond acceptors (Lipinski definition) is 1. The first kappa shape index (κ1) is 11.7. The molecular weight excluding hydrogens is 148 g/mol. The van der Waals surface area contributed by atoms with E-state index in [0.717, 1.165) is 19.3 Å². The van der Waals surface area contributed by atoms with Crippen LogP contribution in [0.3, 0.4) is 0 Å². The Labute approximate surface area is 76.8 Å². The van der Waals surface area contributed by atoms with E-state index >= 15 is 0 Å².